The molecule has 0 radical (unpaired) electrons. The van der Waals surface area contributed by atoms with E-state index in [1.807, 2.05) is 19.0 Å². The minimum Gasteiger partial charge on any atom is -0.390 e. The molecule has 0 bridgehead atoms. The molecule has 15 heavy (non-hydrogen) atoms. The van der Waals surface area contributed by atoms with Crippen LogP contribution in [-0.4, -0.2) is 69.3 Å². The first kappa shape index (κ1) is 12.9. The summed E-state index contributed by atoms with van der Waals surface area (Å²) in [5.41, 5.74) is 0. The van der Waals surface area contributed by atoms with Gasteiger partial charge in [-0.1, -0.05) is 0 Å². The van der Waals surface area contributed by atoms with Crippen LogP contribution in [0.4, 0.5) is 0 Å². The molecular weight excluding hydrogens is 216 g/mol. The van der Waals surface area contributed by atoms with Crippen molar-refractivity contribution in [3.8, 4) is 0 Å². The second-order valence-electron chi connectivity index (χ2n) is 4.15. The maximum absolute atomic E-state index is 11.3. The Hall–Kier alpha value is -0.170. The summed E-state index contributed by atoms with van der Waals surface area (Å²) in [6.07, 6.45) is 0.227. The van der Waals surface area contributed by atoms with Crippen molar-refractivity contribution in [3.63, 3.8) is 0 Å². The zero-order chi connectivity index (χ0) is 11.5. The van der Waals surface area contributed by atoms with E-state index in [-0.39, 0.29) is 17.5 Å². The third kappa shape index (κ3) is 3.71. The van der Waals surface area contributed by atoms with Crippen molar-refractivity contribution in [2.75, 3.05) is 38.7 Å². The van der Waals surface area contributed by atoms with Crippen molar-refractivity contribution in [3.05, 3.63) is 0 Å². The molecule has 1 saturated heterocycles. The van der Waals surface area contributed by atoms with E-state index in [1.165, 1.54) is 0 Å². The Bertz CT molecular complexity index is 292. The molecule has 0 aliphatic carbocycles. The Morgan fingerprint density at radius 1 is 1.47 bits per heavy atom. The SMILES string of the molecule is CNCCCN(C)C1CS(=O)(=O)CC1O. The number of hydrogen-bond donors (Lipinski definition) is 2. The Morgan fingerprint density at radius 3 is 2.60 bits per heavy atom. The monoisotopic (exact) mass is 236 g/mol. The Morgan fingerprint density at radius 2 is 2.13 bits per heavy atom. The average molecular weight is 236 g/mol. The highest BCUT2D eigenvalue weighted by atomic mass is 32.2. The van der Waals surface area contributed by atoms with Crippen molar-refractivity contribution in [2.24, 2.45) is 0 Å². The highest BCUT2D eigenvalue weighted by Gasteiger charge is 2.38. The molecule has 5 nitrogen and oxygen atoms in total. The van der Waals surface area contributed by atoms with E-state index in [1.54, 1.807) is 0 Å². The number of sulfone groups is 1. The summed E-state index contributed by atoms with van der Waals surface area (Å²) in [5.74, 6) is -0.00173. The molecule has 0 amide bonds. The van der Waals surface area contributed by atoms with Crippen LogP contribution >= 0.6 is 0 Å². The van der Waals surface area contributed by atoms with E-state index < -0.39 is 15.9 Å². The minimum absolute atomic E-state index is 0.0875. The molecular formula is C9H20N2O3S. The Labute approximate surface area is 91.4 Å². The molecule has 2 atom stereocenters. The summed E-state index contributed by atoms with van der Waals surface area (Å²) in [5, 5.41) is 12.6. The summed E-state index contributed by atoms with van der Waals surface area (Å²) in [4.78, 5) is 1.94. The summed E-state index contributed by atoms with van der Waals surface area (Å²) in [6.45, 7) is 1.71. The maximum Gasteiger partial charge on any atom is 0.154 e. The van der Waals surface area contributed by atoms with Gasteiger partial charge in [-0.3, -0.25) is 4.90 Å². The number of nitrogens with one attached hydrogen (secondary N) is 1. The number of aliphatic hydroxyl groups is 1. The summed E-state index contributed by atoms with van der Waals surface area (Å²) < 4.78 is 22.6. The second-order valence-corrected chi connectivity index (χ2v) is 6.30. The van der Waals surface area contributed by atoms with Gasteiger partial charge in [0.2, 0.25) is 0 Å². The number of aliphatic hydroxyl groups excluding tert-OH is 1. The van der Waals surface area contributed by atoms with Crippen molar-refractivity contribution < 1.29 is 13.5 Å². The van der Waals surface area contributed by atoms with Gasteiger partial charge >= 0.3 is 0 Å². The third-order valence-corrected chi connectivity index (χ3v) is 4.50. The molecule has 0 saturated carbocycles. The van der Waals surface area contributed by atoms with Gasteiger partial charge in [0.1, 0.15) is 0 Å². The second kappa shape index (κ2) is 5.25. The Balaban J connectivity index is 2.43. The fourth-order valence-electron chi connectivity index (χ4n) is 1.90. The lowest BCUT2D eigenvalue weighted by molar-refractivity contribution is 0.0992. The molecule has 2 unspecified atom stereocenters. The van der Waals surface area contributed by atoms with Crippen LogP contribution in [0.25, 0.3) is 0 Å². The number of likely N-dealkylation sites (N-methyl/N-ethyl adjacent to an activating group) is 1. The van der Waals surface area contributed by atoms with Gasteiger partial charge in [0.05, 0.1) is 23.7 Å². The summed E-state index contributed by atoms with van der Waals surface area (Å²) in [6, 6.07) is -0.230. The van der Waals surface area contributed by atoms with Gasteiger partial charge in [0.15, 0.2) is 9.84 Å². The third-order valence-electron chi connectivity index (χ3n) is 2.80. The van der Waals surface area contributed by atoms with Gasteiger partial charge in [-0.25, -0.2) is 8.42 Å². The molecule has 1 fully saturated rings. The van der Waals surface area contributed by atoms with E-state index in [9.17, 15) is 13.5 Å². The lowest BCUT2D eigenvalue weighted by Crippen LogP contribution is -2.41. The van der Waals surface area contributed by atoms with E-state index >= 15 is 0 Å². The van der Waals surface area contributed by atoms with Crippen LogP contribution in [-0.2, 0) is 9.84 Å². The molecule has 1 rings (SSSR count). The van der Waals surface area contributed by atoms with Gasteiger partial charge in [0, 0.05) is 0 Å². The van der Waals surface area contributed by atoms with Crippen molar-refractivity contribution in [1.29, 1.82) is 0 Å². The molecule has 0 aromatic rings. The first-order valence-electron chi connectivity index (χ1n) is 5.19. The zero-order valence-corrected chi connectivity index (χ0v) is 10.1. The number of rotatable bonds is 5. The highest BCUT2D eigenvalue weighted by Crippen LogP contribution is 2.17. The van der Waals surface area contributed by atoms with Crippen molar-refractivity contribution in [1.82, 2.24) is 10.2 Å². The van der Waals surface area contributed by atoms with Crippen LogP contribution in [0.2, 0.25) is 0 Å². The van der Waals surface area contributed by atoms with E-state index in [0.717, 1.165) is 19.5 Å². The molecule has 1 aliphatic heterocycles. The van der Waals surface area contributed by atoms with Crippen LogP contribution < -0.4 is 5.32 Å². The molecule has 1 heterocycles. The maximum atomic E-state index is 11.3. The molecule has 1 aliphatic rings. The van der Waals surface area contributed by atoms with Gasteiger partial charge < -0.3 is 10.4 Å². The summed E-state index contributed by atoms with van der Waals surface area (Å²) >= 11 is 0. The standard InChI is InChI=1S/C9H20N2O3S/c1-10-4-3-5-11(2)8-6-15(13,14)7-9(8)12/h8-10,12H,3-7H2,1-2H3. The fourth-order valence-corrected chi connectivity index (χ4v) is 3.78. The Kier molecular flexibility index (Phi) is 4.51. The van der Waals surface area contributed by atoms with Crippen LogP contribution in [0.15, 0.2) is 0 Å². The molecule has 90 valence electrons. The van der Waals surface area contributed by atoms with Crippen LogP contribution in [0.3, 0.4) is 0 Å². The van der Waals surface area contributed by atoms with Gasteiger partial charge in [-0.15, -0.1) is 0 Å². The molecule has 0 aromatic heterocycles. The van der Waals surface area contributed by atoms with Crippen molar-refractivity contribution >= 4 is 9.84 Å². The zero-order valence-electron chi connectivity index (χ0n) is 9.31. The van der Waals surface area contributed by atoms with Crippen molar-refractivity contribution in [2.45, 2.75) is 18.6 Å². The number of hydrogen-bond acceptors (Lipinski definition) is 5. The van der Waals surface area contributed by atoms with E-state index in [0.29, 0.717) is 0 Å². The molecule has 0 aromatic carbocycles. The predicted octanol–water partition coefficient (Wildman–Crippen LogP) is -1.31. The largest absolute Gasteiger partial charge is 0.390 e. The average Bonchev–Trinajstić information content (AvgIpc) is 2.40. The first-order chi connectivity index (χ1) is 6.96. The molecule has 0 spiro atoms. The topological polar surface area (TPSA) is 69.6 Å². The normalized spacial score (nSPS) is 29.9. The quantitative estimate of drug-likeness (QED) is 0.580. The molecule has 2 N–H and O–H groups in total. The van der Waals surface area contributed by atoms with Gasteiger partial charge in [-0.05, 0) is 33.6 Å². The van der Waals surface area contributed by atoms with Gasteiger partial charge in [-0.2, -0.15) is 0 Å². The first-order valence-corrected chi connectivity index (χ1v) is 7.02. The fraction of sp³-hybridized carbons (Fsp3) is 1.00. The minimum atomic E-state index is -3.03. The highest BCUT2D eigenvalue weighted by molar-refractivity contribution is 7.91. The van der Waals surface area contributed by atoms with Crippen LogP contribution in [0.5, 0.6) is 0 Å². The summed E-state index contributed by atoms with van der Waals surface area (Å²) in [7, 11) is 0.722. The smallest absolute Gasteiger partial charge is 0.154 e. The van der Waals surface area contributed by atoms with Crippen LogP contribution in [0.1, 0.15) is 6.42 Å². The van der Waals surface area contributed by atoms with Gasteiger partial charge in [0.25, 0.3) is 0 Å². The lowest BCUT2D eigenvalue weighted by Gasteiger charge is -2.25. The number of nitrogens with zero attached hydrogens (tertiary/aromatic N) is 1. The predicted molar refractivity (Wildman–Crippen MR) is 59.6 cm³/mol. The van der Waals surface area contributed by atoms with Crippen LogP contribution in [0, 0.1) is 0 Å². The van der Waals surface area contributed by atoms with E-state index in [2.05, 4.69) is 5.32 Å². The molecule has 6 heteroatoms. The lowest BCUT2D eigenvalue weighted by atomic mass is 10.2. The van der Waals surface area contributed by atoms with E-state index in [4.69, 9.17) is 0 Å².